The first-order chi connectivity index (χ1) is 9.11. The van der Waals surface area contributed by atoms with Gasteiger partial charge in [-0.1, -0.05) is 12.1 Å². The molecule has 0 atom stereocenters. The maximum absolute atomic E-state index is 11.4. The number of nitrogens with one attached hydrogen (secondary N) is 2. The minimum atomic E-state index is -0.119. The Hall–Kier alpha value is -2.04. The summed E-state index contributed by atoms with van der Waals surface area (Å²) in [4.78, 5) is 22.1. The van der Waals surface area contributed by atoms with Crippen LogP contribution in [0.4, 0.5) is 0 Å². The molecule has 0 saturated carbocycles. The molecule has 19 heavy (non-hydrogen) atoms. The molecule has 0 fully saturated rings. The number of amides is 2. The van der Waals surface area contributed by atoms with Gasteiger partial charge in [0.15, 0.2) is 0 Å². The average molecular weight is 264 g/mol. The van der Waals surface area contributed by atoms with Crippen molar-refractivity contribution < 1.29 is 14.3 Å². The van der Waals surface area contributed by atoms with Gasteiger partial charge >= 0.3 is 0 Å². The van der Waals surface area contributed by atoms with E-state index in [1.807, 2.05) is 24.3 Å². The van der Waals surface area contributed by atoms with Gasteiger partial charge in [0.25, 0.3) is 0 Å². The summed E-state index contributed by atoms with van der Waals surface area (Å²) in [5.41, 5.74) is 1.14. The van der Waals surface area contributed by atoms with Gasteiger partial charge in [-0.25, -0.2) is 0 Å². The van der Waals surface area contributed by atoms with Crippen molar-refractivity contribution in [2.24, 2.45) is 0 Å². The second-order valence-electron chi connectivity index (χ2n) is 4.18. The van der Waals surface area contributed by atoms with Gasteiger partial charge < -0.3 is 15.4 Å². The lowest BCUT2D eigenvalue weighted by Gasteiger charge is -2.06. The highest BCUT2D eigenvalue weighted by Gasteiger charge is 2.01. The molecule has 0 radical (unpaired) electrons. The zero-order valence-electron chi connectivity index (χ0n) is 11.4. The van der Waals surface area contributed by atoms with Crippen LogP contribution < -0.4 is 15.4 Å². The van der Waals surface area contributed by atoms with Crippen molar-refractivity contribution in [2.45, 2.75) is 19.8 Å². The molecule has 0 aromatic heterocycles. The highest BCUT2D eigenvalue weighted by atomic mass is 16.5. The Kier molecular flexibility index (Phi) is 6.43. The Morgan fingerprint density at radius 2 is 1.79 bits per heavy atom. The van der Waals surface area contributed by atoms with Gasteiger partial charge in [0, 0.05) is 26.4 Å². The molecule has 2 N–H and O–H groups in total. The van der Waals surface area contributed by atoms with Crippen LogP contribution in [0.2, 0.25) is 0 Å². The molecule has 2 amide bonds. The van der Waals surface area contributed by atoms with E-state index in [9.17, 15) is 9.59 Å². The first-order valence-electron chi connectivity index (χ1n) is 6.26. The van der Waals surface area contributed by atoms with Crippen molar-refractivity contribution in [1.29, 1.82) is 0 Å². The third-order valence-electron chi connectivity index (χ3n) is 2.62. The quantitative estimate of drug-likeness (QED) is 0.768. The van der Waals surface area contributed by atoms with E-state index < -0.39 is 0 Å². The van der Waals surface area contributed by atoms with Crippen LogP contribution in [0.15, 0.2) is 24.3 Å². The number of methoxy groups -OCH3 is 1. The average Bonchev–Trinajstić information content (AvgIpc) is 2.39. The largest absolute Gasteiger partial charge is 0.497 e. The van der Waals surface area contributed by atoms with Gasteiger partial charge in [0.1, 0.15) is 5.75 Å². The Balaban J connectivity index is 2.18. The second kappa shape index (κ2) is 8.13. The van der Waals surface area contributed by atoms with Crippen LogP contribution in [0.3, 0.4) is 0 Å². The number of hydrogen-bond acceptors (Lipinski definition) is 3. The van der Waals surface area contributed by atoms with Crippen LogP contribution in [-0.2, 0) is 16.0 Å². The molecule has 1 aromatic rings. The van der Waals surface area contributed by atoms with E-state index in [1.165, 1.54) is 6.92 Å². The molecular weight excluding hydrogens is 244 g/mol. The van der Waals surface area contributed by atoms with Crippen LogP contribution in [0, 0.1) is 0 Å². The number of ether oxygens (including phenoxy) is 1. The summed E-state index contributed by atoms with van der Waals surface area (Å²) in [5, 5.41) is 5.40. The van der Waals surface area contributed by atoms with E-state index in [1.54, 1.807) is 7.11 Å². The van der Waals surface area contributed by atoms with Gasteiger partial charge in [-0.05, 0) is 24.1 Å². The maximum atomic E-state index is 11.4. The summed E-state index contributed by atoms with van der Waals surface area (Å²) in [6, 6.07) is 7.74. The summed E-state index contributed by atoms with van der Waals surface area (Å²) >= 11 is 0. The molecule has 0 aliphatic carbocycles. The Morgan fingerprint density at radius 1 is 1.11 bits per heavy atom. The first-order valence-corrected chi connectivity index (χ1v) is 6.26. The standard InChI is InChI=1S/C14H20N2O3/c1-11(17)15-10-8-14(18)16-9-7-12-3-5-13(19-2)6-4-12/h3-6H,7-10H2,1-2H3,(H,15,17)(H,16,18). The van der Waals surface area contributed by atoms with Crippen molar-refractivity contribution >= 4 is 11.8 Å². The monoisotopic (exact) mass is 264 g/mol. The number of benzene rings is 1. The third-order valence-corrected chi connectivity index (χ3v) is 2.62. The first kappa shape index (κ1) is 15.0. The maximum Gasteiger partial charge on any atom is 0.221 e. The molecule has 0 spiro atoms. The smallest absolute Gasteiger partial charge is 0.221 e. The normalized spacial score (nSPS) is 9.79. The predicted octanol–water partition coefficient (Wildman–Crippen LogP) is 0.880. The molecule has 5 heteroatoms. The molecular formula is C14H20N2O3. The predicted molar refractivity (Wildman–Crippen MR) is 73.0 cm³/mol. The zero-order valence-corrected chi connectivity index (χ0v) is 11.4. The number of hydrogen-bond donors (Lipinski definition) is 2. The summed E-state index contributed by atoms with van der Waals surface area (Å²) in [5.74, 6) is 0.649. The zero-order chi connectivity index (χ0) is 14.1. The minimum Gasteiger partial charge on any atom is -0.497 e. The number of carbonyl (C=O) groups is 2. The van der Waals surface area contributed by atoms with Gasteiger partial charge in [-0.2, -0.15) is 0 Å². The molecule has 104 valence electrons. The summed E-state index contributed by atoms with van der Waals surface area (Å²) < 4.78 is 5.07. The summed E-state index contributed by atoms with van der Waals surface area (Å²) in [6.07, 6.45) is 1.08. The fourth-order valence-electron chi connectivity index (χ4n) is 1.58. The van der Waals surface area contributed by atoms with Crippen molar-refractivity contribution in [3.8, 4) is 5.75 Å². The number of carbonyl (C=O) groups excluding carboxylic acids is 2. The van der Waals surface area contributed by atoms with Crippen molar-refractivity contribution in [1.82, 2.24) is 10.6 Å². The van der Waals surface area contributed by atoms with Crippen LogP contribution >= 0.6 is 0 Å². The van der Waals surface area contributed by atoms with E-state index in [4.69, 9.17) is 4.74 Å². The van der Waals surface area contributed by atoms with Gasteiger partial charge in [0.05, 0.1) is 7.11 Å². The Bertz CT molecular complexity index is 415. The molecule has 0 bridgehead atoms. The lowest BCUT2D eigenvalue weighted by atomic mass is 10.1. The Labute approximate surface area is 113 Å². The van der Waals surface area contributed by atoms with Gasteiger partial charge in [0.2, 0.25) is 11.8 Å². The van der Waals surface area contributed by atoms with Crippen LogP contribution in [-0.4, -0.2) is 32.0 Å². The lowest BCUT2D eigenvalue weighted by Crippen LogP contribution is -2.30. The molecule has 0 aliphatic rings. The van der Waals surface area contributed by atoms with Gasteiger partial charge in [-0.15, -0.1) is 0 Å². The van der Waals surface area contributed by atoms with Crippen molar-refractivity contribution in [3.63, 3.8) is 0 Å². The molecule has 1 rings (SSSR count). The fraction of sp³-hybridized carbons (Fsp3) is 0.429. The second-order valence-corrected chi connectivity index (χ2v) is 4.18. The van der Waals surface area contributed by atoms with Crippen molar-refractivity contribution in [3.05, 3.63) is 29.8 Å². The highest BCUT2D eigenvalue weighted by molar-refractivity contribution is 5.77. The number of rotatable bonds is 7. The Morgan fingerprint density at radius 3 is 2.37 bits per heavy atom. The van der Waals surface area contributed by atoms with Crippen molar-refractivity contribution in [2.75, 3.05) is 20.2 Å². The summed E-state index contributed by atoms with van der Waals surface area (Å²) in [6.45, 7) is 2.40. The van der Waals surface area contributed by atoms with E-state index in [0.29, 0.717) is 19.5 Å². The van der Waals surface area contributed by atoms with Crippen LogP contribution in [0.25, 0.3) is 0 Å². The highest BCUT2D eigenvalue weighted by Crippen LogP contribution is 2.11. The SMILES string of the molecule is COc1ccc(CCNC(=O)CCNC(C)=O)cc1. The molecule has 0 aliphatic heterocycles. The molecule has 5 nitrogen and oxygen atoms in total. The minimum absolute atomic E-state index is 0.0535. The fourth-order valence-corrected chi connectivity index (χ4v) is 1.58. The lowest BCUT2D eigenvalue weighted by molar-refractivity contribution is -0.121. The molecule has 0 saturated heterocycles. The molecule has 1 aromatic carbocycles. The van der Waals surface area contributed by atoms with E-state index in [0.717, 1.165) is 17.7 Å². The van der Waals surface area contributed by atoms with E-state index in [-0.39, 0.29) is 11.8 Å². The van der Waals surface area contributed by atoms with E-state index in [2.05, 4.69) is 10.6 Å². The summed E-state index contributed by atoms with van der Waals surface area (Å²) in [7, 11) is 1.63. The topological polar surface area (TPSA) is 67.4 Å². The van der Waals surface area contributed by atoms with Crippen LogP contribution in [0.1, 0.15) is 18.9 Å². The third kappa shape index (κ3) is 6.45. The molecule has 0 unspecified atom stereocenters. The molecule has 0 heterocycles. The van der Waals surface area contributed by atoms with Gasteiger partial charge in [-0.3, -0.25) is 9.59 Å². The van der Waals surface area contributed by atoms with Crippen LogP contribution in [0.5, 0.6) is 5.75 Å². The van der Waals surface area contributed by atoms with E-state index >= 15 is 0 Å².